The fourth-order valence-electron chi connectivity index (χ4n) is 2.60. The zero-order valence-electron chi connectivity index (χ0n) is 15.2. The van der Waals surface area contributed by atoms with Gasteiger partial charge in [0, 0.05) is 6.08 Å². The maximum atomic E-state index is 11.6. The van der Waals surface area contributed by atoms with E-state index in [9.17, 15) is 15.0 Å². The smallest absolute Gasteiger partial charge is 0.286 e. The Hall–Kier alpha value is -2.46. The summed E-state index contributed by atoms with van der Waals surface area (Å²) in [5.41, 5.74) is 3.33. The second kappa shape index (κ2) is 8.50. The van der Waals surface area contributed by atoms with Crippen LogP contribution >= 0.6 is 31.9 Å². The van der Waals surface area contributed by atoms with Crippen molar-refractivity contribution in [1.82, 2.24) is 10.7 Å². The number of nitrogens with zero attached hydrogens (tertiary/aromatic N) is 4. The maximum absolute atomic E-state index is 11.6. The first-order chi connectivity index (χ1) is 13.7. The number of anilines is 1. The van der Waals surface area contributed by atoms with E-state index in [4.69, 9.17) is 10.00 Å². The fourth-order valence-corrected chi connectivity index (χ4v) is 3.92. The van der Waals surface area contributed by atoms with Crippen LogP contribution in [0, 0.1) is 17.2 Å². The lowest BCUT2D eigenvalue weighted by Gasteiger charge is -2.29. The third kappa shape index (κ3) is 4.43. The molecule has 2 unspecified atom stereocenters. The zero-order valence-corrected chi connectivity index (χ0v) is 18.4. The number of carbonyl (C=O) groups excluding carboxylic acids is 1. The number of amides is 1. The molecule has 29 heavy (non-hydrogen) atoms. The van der Waals surface area contributed by atoms with E-state index in [1.807, 2.05) is 13.8 Å². The van der Waals surface area contributed by atoms with E-state index in [1.165, 1.54) is 0 Å². The van der Waals surface area contributed by atoms with Crippen LogP contribution in [0.25, 0.3) is 0 Å². The molecule has 2 aliphatic heterocycles. The highest BCUT2D eigenvalue weighted by molar-refractivity contribution is 9.11. The molecule has 12 heteroatoms. The summed E-state index contributed by atoms with van der Waals surface area (Å²) in [5.74, 6) is -0.0239. The number of ether oxygens (including phenoxy) is 1. The van der Waals surface area contributed by atoms with Gasteiger partial charge in [-0.25, -0.2) is 5.01 Å². The third-order valence-electron chi connectivity index (χ3n) is 4.04. The molecule has 0 radical (unpaired) electrons. The SMILES string of the molecule is CC(C)C1=CC(Oc2c(Br)cc(N3N=C(C#N)C(=O)NC3O)cc2Br)=NNC1O. The summed E-state index contributed by atoms with van der Waals surface area (Å²) in [4.78, 5) is 11.6. The molecule has 152 valence electrons. The fraction of sp³-hybridized carbons (Fsp3) is 0.294. The average molecular weight is 528 g/mol. The lowest BCUT2D eigenvalue weighted by Crippen LogP contribution is -2.53. The Kier molecular flexibility index (Phi) is 6.23. The first kappa shape index (κ1) is 21.3. The average Bonchev–Trinajstić information content (AvgIpc) is 2.65. The number of aliphatic hydroxyl groups is 2. The molecular formula is C17H16Br2N6O4. The van der Waals surface area contributed by atoms with E-state index in [2.05, 4.69) is 52.8 Å². The predicted molar refractivity (Wildman–Crippen MR) is 112 cm³/mol. The first-order valence-corrected chi connectivity index (χ1v) is 9.96. The lowest BCUT2D eigenvalue weighted by molar-refractivity contribution is -0.118. The Morgan fingerprint density at radius 1 is 1.31 bits per heavy atom. The molecule has 1 aromatic rings. The van der Waals surface area contributed by atoms with Gasteiger partial charge >= 0.3 is 0 Å². The van der Waals surface area contributed by atoms with Gasteiger partial charge in [0.05, 0.1) is 14.6 Å². The van der Waals surface area contributed by atoms with Crippen molar-refractivity contribution in [3.8, 4) is 11.8 Å². The number of nitriles is 1. The molecule has 2 heterocycles. The Morgan fingerprint density at radius 2 is 1.97 bits per heavy atom. The normalized spacial score (nSPS) is 21.5. The summed E-state index contributed by atoms with van der Waals surface area (Å²) < 4.78 is 6.83. The number of aliphatic hydroxyl groups excluding tert-OH is 2. The van der Waals surface area contributed by atoms with Gasteiger partial charge in [-0.2, -0.15) is 10.4 Å². The minimum atomic E-state index is -1.44. The second-order valence-electron chi connectivity index (χ2n) is 6.37. The van der Waals surface area contributed by atoms with Gasteiger partial charge in [-0.15, -0.1) is 5.10 Å². The largest absolute Gasteiger partial charge is 0.435 e. The zero-order chi connectivity index (χ0) is 21.3. The van der Waals surface area contributed by atoms with E-state index in [1.54, 1.807) is 24.3 Å². The number of rotatable bonds is 3. The summed E-state index contributed by atoms with van der Waals surface area (Å²) in [7, 11) is 0. The van der Waals surface area contributed by atoms with Crippen molar-refractivity contribution in [2.24, 2.45) is 16.1 Å². The standard InChI is InChI=1S/C17H16Br2N6O4/c1-7(2)9-5-13(22-23-15(9)26)29-14-10(18)3-8(4-11(14)19)25-17(28)21-16(27)12(6-20)24-25/h3-5,7,15,17,23,26,28H,1-2H3,(H,21,27). The van der Waals surface area contributed by atoms with Gasteiger partial charge in [-0.05, 0) is 55.5 Å². The molecule has 0 spiro atoms. The van der Waals surface area contributed by atoms with E-state index >= 15 is 0 Å². The Labute approximate surface area is 182 Å². The number of hydrazone groups is 2. The molecule has 4 N–H and O–H groups in total. The predicted octanol–water partition coefficient (Wildman–Crippen LogP) is 1.50. The van der Waals surface area contributed by atoms with Crippen LogP contribution in [0.5, 0.6) is 5.75 Å². The van der Waals surface area contributed by atoms with Crippen LogP contribution in [0.1, 0.15) is 13.8 Å². The van der Waals surface area contributed by atoms with Gasteiger partial charge in [0.25, 0.3) is 5.91 Å². The number of nitrogens with one attached hydrogen (secondary N) is 2. The van der Waals surface area contributed by atoms with Crippen LogP contribution in [0.2, 0.25) is 0 Å². The van der Waals surface area contributed by atoms with Gasteiger partial charge in [0.15, 0.2) is 12.0 Å². The van der Waals surface area contributed by atoms with Crippen molar-refractivity contribution in [2.45, 2.75) is 26.4 Å². The number of hydrogen-bond acceptors (Lipinski definition) is 9. The molecule has 3 rings (SSSR count). The van der Waals surface area contributed by atoms with E-state index in [0.29, 0.717) is 20.4 Å². The highest BCUT2D eigenvalue weighted by atomic mass is 79.9. The summed E-state index contributed by atoms with van der Waals surface area (Å²) in [5, 5.41) is 40.2. The summed E-state index contributed by atoms with van der Waals surface area (Å²) in [6.45, 7) is 3.89. The van der Waals surface area contributed by atoms with Crippen LogP contribution in [-0.4, -0.2) is 40.3 Å². The van der Waals surface area contributed by atoms with Crippen molar-refractivity contribution in [2.75, 3.05) is 5.01 Å². The highest BCUT2D eigenvalue weighted by Gasteiger charge is 2.29. The van der Waals surface area contributed by atoms with Crippen LogP contribution in [0.15, 0.2) is 42.9 Å². The summed E-state index contributed by atoms with van der Waals surface area (Å²) in [6.07, 6.45) is -0.652. The summed E-state index contributed by atoms with van der Waals surface area (Å²) in [6, 6.07) is 4.86. The monoisotopic (exact) mass is 526 g/mol. The first-order valence-electron chi connectivity index (χ1n) is 8.37. The van der Waals surface area contributed by atoms with Crippen molar-refractivity contribution in [3.63, 3.8) is 0 Å². The molecule has 1 aromatic carbocycles. The Bertz CT molecular complexity index is 962. The van der Waals surface area contributed by atoms with Crippen molar-refractivity contribution in [3.05, 3.63) is 32.7 Å². The van der Waals surface area contributed by atoms with Crippen LogP contribution in [0.4, 0.5) is 5.69 Å². The molecular weight excluding hydrogens is 512 g/mol. The van der Waals surface area contributed by atoms with E-state index in [-0.39, 0.29) is 17.5 Å². The summed E-state index contributed by atoms with van der Waals surface area (Å²) >= 11 is 6.80. The molecule has 0 aliphatic carbocycles. The molecule has 0 saturated heterocycles. The molecule has 0 bridgehead atoms. The van der Waals surface area contributed by atoms with Gasteiger partial charge in [-0.1, -0.05) is 13.8 Å². The number of halogens is 2. The quantitative estimate of drug-likeness (QED) is 0.466. The molecule has 0 fully saturated rings. The number of carbonyl (C=O) groups is 1. The van der Waals surface area contributed by atoms with Crippen LogP contribution in [-0.2, 0) is 4.79 Å². The highest BCUT2D eigenvalue weighted by Crippen LogP contribution is 2.38. The minimum absolute atomic E-state index is 0.0869. The number of hydrogen-bond donors (Lipinski definition) is 4. The molecule has 2 atom stereocenters. The lowest BCUT2D eigenvalue weighted by atomic mass is 10.0. The molecule has 10 nitrogen and oxygen atoms in total. The van der Waals surface area contributed by atoms with E-state index < -0.39 is 18.5 Å². The molecule has 0 aromatic heterocycles. The van der Waals surface area contributed by atoms with Gasteiger partial charge in [0.2, 0.25) is 18.0 Å². The van der Waals surface area contributed by atoms with E-state index in [0.717, 1.165) is 10.6 Å². The minimum Gasteiger partial charge on any atom is -0.435 e. The van der Waals surface area contributed by atoms with Gasteiger partial charge in [-0.3, -0.25) is 10.2 Å². The van der Waals surface area contributed by atoms with Gasteiger partial charge < -0.3 is 20.3 Å². The molecule has 2 aliphatic rings. The van der Waals surface area contributed by atoms with Crippen molar-refractivity contribution >= 4 is 55.1 Å². The molecule has 0 saturated carbocycles. The third-order valence-corrected chi connectivity index (χ3v) is 5.22. The van der Waals surface area contributed by atoms with Crippen molar-refractivity contribution in [1.29, 1.82) is 5.26 Å². The van der Waals surface area contributed by atoms with Gasteiger partial charge in [0.1, 0.15) is 6.07 Å². The topological polar surface area (TPSA) is 143 Å². The van der Waals surface area contributed by atoms with Crippen molar-refractivity contribution < 1.29 is 19.7 Å². The second-order valence-corrected chi connectivity index (χ2v) is 8.08. The maximum Gasteiger partial charge on any atom is 0.286 e. The number of benzene rings is 1. The van der Waals surface area contributed by atoms with Crippen LogP contribution in [0.3, 0.4) is 0 Å². The van der Waals surface area contributed by atoms with Crippen LogP contribution < -0.4 is 20.5 Å². The molecule has 1 amide bonds. The Morgan fingerprint density at radius 3 is 2.55 bits per heavy atom. The Balaban J connectivity index is 1.90.